The molecule has 0 spiro atoms. The van der Waals surface area contributed by atoms with E-state index in [0.717, 1.165) is 4.90 Å². The fourth-order valence-corrected chi connectivity index (χ4v) is 2.63. The number of aliphatic carboxylic acids is 1. The average Bonchev–Trinajstić information content (AvgIpc) is 3.09. The monoisotopic (exact) mass is 261 g/mol. The molecule has 0 bridgehead atoms. The maximum absolute atomic E-state index is 12.0. The van der Waals surface area contributed by atoms with Gasteiger partial charge in [0, 0.05) is 0 Å². The highest BCUT2D eigenvalue weighted by Gasteiger charge is 2.70. The number of hydrogen-bond acceptors (Lipinski definition) is 4. The lowest BCUT2D eigenvalue weighted by atomic mass is 10.2. The van der Waals surface area contributed by atoms with E-state index in [4.69, 9.17) is 9.84 Å². The van der Waals surface area contributed by atoms with Crippen LogP contribution in [0.15, 0.2) is 24.3 Å². The molecule has 3 atom stereocenters. The standard InChI is InChI=1S/C13H11NO5/c1-19-7-4-2-6(3-5-7)14-11(15)8-9(12(14)16)10(8)13(17)18/h2-5,8-10H,1H3,(H,17,18)/t8-,9+,10?. The number of carboxylic acids is 1. The topological polar surface area (TPSA) is 83.9 Å². The largest absolute Gasteiger partial charge is 0.497 e. The zero-order valence-corrected chi connectivity index (χ0v) is 10.1. The Labute approximate surface area is 108 Å². The number of benzene rings is 1. The minimum Gasteiger partial charge on any atom is -0.497 e. The summed E-state index contributed by atoms with van der Waals surface area (Å²) in [6, 6.07) is 6.51. The maximum atomic E-state index is 12.0. The molecule has 1 saturated carbocycles. The third-order valence-electron chi connectivity index (χ3n) is 3.65. The number of imide groups is 1. The second-order valence-electron chi connectivity index (χ2n) is 4.63. The van der Waals surface area contributed by atoms with Gasteiger partial charge in [-0.15, -0.1) is 0 Å². The summed E-state index contributed by atoms with van der Waals surface area (Å²) in [5.74, 6) is -3.52. The molecule has 6 heteroatoms. The Morgan fingerprint density at radius 1 is 1.16 bits per heavy atom. The first-order chi connectivity index (χ1) is 9.06. The van der Waals surface area contributed by atoms with Crippen molar-refractivity contribution in [2.24, 2.45) is 17.8 Å². The molecule has 0 radical (unpaired) electrons. The van der Waals surface area contributed by atoms with Gasteiger partial charge in [-0.3, -0.25) is 19.3 Å². The van der Waals surface area contributed by atoms with E-state index in [9.17, 15) is 14.4 Å². The zero-order valence-electron chi connectivity index (χ0n) is 10.1. The van der Waals surface area contributed by atoms with Crippen LogP contribution in [0.1, 0.15) is 0 Å². The highest BCUT2D eigenvalue weighted by Crippen LogP contribution is 2.54. The Morgan fingerprint density at radius 3 is 2.11 bits per heavy atom. The molecule has 1 aromatic rings. The summed E-state index contributed by atoms with van der Waals surface area (Å²) in [5.41, 5.74) is 0.451. The van der Waals surface area contributed by atoms with E-state index in [1.165, 1.54) is 7.11 Å². The summed E-state index contributed by atoms with van der Waals surface area (Å²) >= 11 is 0. The van der Waals surface area contributed by atoms with Gasteiger partial charge in [-0.1, -0.05) is 0 Å². The first kappa shape index (κ1) is 11.7. The van der Waals surface area contributed by atoms with E-state index in [-0.39, 0.29) is 0 Å². The van der Waals surface area contributed by atoms with Crippen LogP contribution in [-0.4, -0.2) is 30.0 Å². The predicted octanol–water partition coefficient (Wildman–Crippen LogP) is 0.515. The van der Waals surface area contributed by atoms with Crippen molar-refractivity contribution in [1.82, 2.24) is 0 Å². The number of nitrogens with zero attached hydrogens (tertiary/aromatic N) is 1. The first-order valence-electron chi connectivity index (χ1n) is 5.81. The Kier molecular flexibility index (Phi) is 2.35. The molecule has 3 rings (SSSR count). The van der Waals surface area contributed by atoms with Crippen molar-refractivity contribution in [3.63, 3.8) is 0 Å². The molecule has 2 aliphatic rings. The number of hydrogen-bond donors (Lipinski definition) is 1. The molecule has 1 N–H and O–H groups in total. The minimum atomic E-state index is -1.08. The van der Waals surface area contributed by atoms with Crippen LogP contribution in [0, 0.1) is 17.8 Å². The molecule has 2 amide bonds. The summed E-state index contributed by atoms with van der Waals surface area (Å²) in [4.78, 5) is 36.0. The quantitative estimate of drug-likeness (QED) is 0.802. The van der Waals surface area contributed by atoms with Crippen LogP contribution in [0.3, 0.4) is 0 Å². The summed E-state index contributed by atoms with van der Waals surface area (Å²) in [6.07, 6.45) is 0. The van der Waals surface area contributed by atoms with Crippen LogP contribution >= 0.6 is 0 Å². The number of methoxy groups -OCH3 is 1. The van der Waals surface area contributed by atoms with Gasteiger partial charge in [-0.2, -0.15) is 0 Å². The summed E-state index contributed by atoms with van der Waals surface area (Å²) in [5, 5.41) is 8.88. The van der Waals surface area contributed by atoms with Crippen molar-refractivity contribution in [2.45, 2.75) is 0 Å². The van der Waals surface area contributed by atoms with Crippen molar-refractivity contribution >= 4 is 23.5 Å². The molecule has 1 aliphatic carbocycles. The molecule has 0 aromatic heterocycles. The number of carboxylic acid groups (broad SMARTS) is 1. The van der Waals surface area contributed by atoms with Crippen LogP contribution in [0.4, 0.5) is 5.69 Å². The molecular weight excluding hydrogens is 250 g/mol. The molecular formula is C13H11NO5. The molecule has 19 heavy (non-hydrogen) atoms. The molecule has 1 aromatic carbocycles. The summed E-state index contributed by atoms with van der Waals surface area (Å²) in [6.45, 7) is 0. The highest BCUT2D eigenvalue weighted by molar-refractivity contribution is 6.27. The van der Waals surface area contributed by atoms with E-state index in [0.29, 0.717) is 11.4 Å². The lowest BCUT2D eigenvalue weighted by Crippen LogP contribution is -2.35. The van der Waals surface area contributed by atoms with Gasteiger partial charge in [0.15, 0.2) is 0 Å². The third kappa shape index (κ3) is 1.53. The van der Waals surface area contributed by atoms with E-state index in [1.54, 1.807) is 24.3 Å². The molecule has 2 fully saturated rings. The van der Waals surface area contributed by atoms with Crippen LogP contribution in [0.5, 0.6) is 5.75 Å². The van der Waals surface area contributed by atoms with Crippen molar-refractivity contribution in [3.05, 3.63) is 24.3 Å². The second-order valence-corrected chi connectivity index (χ2v) is 4.63. The fourth-order valence-electron chi connectivity index (χ4n) is 2.63. The smallest absolute Gasteiger partial charge is 0.308 e. The zero-order chi connectivity index (χ0) is 13.7. The van der Waals surface area contributed by atoms with Gasteiger partial charge >= 0.3 is 5.97 Å². The Bertz CT molecular complexity index is 557. The van der Waals surface area contributed by atoms with Crippen molar-refractivity contribution in [1.29, 1.82) is 0 Å². The average molecular weight is 261 g/mol. The normalized spacial score (nSPS) is 28.3. The van der Waals surface area contributed by atoms with E-state index in [1.807, 2.05) is 0 Å². The number of amides is 2. The fraction of sp³-hybridized carbons (Fsp3) is 0.308. The number of fused-ring (bicyclic) bond motifs is 1. The van der Waals surface area contributed by atoms with E-state index in [2.05, 4.69) is 0 Å². The Morgan fingerprint density at radius 2 is 1.68 bits per heavy atom. The molecule has 1 unspecified atom stereocenters. The van der Waals surface area contributed by atoms with Gasteiger partial charge < -0.3 is 9.84 Å². The number of anilines is 1. The first-order valence-corrected chi connectivity index (χ1v) is 5.81. The van der Waals surface area contributed by atoms with Crippen LogP contribution < -0.4 is 9.64 Å². The molecule has 1 heterocycles. The highest BCUT2D eigenvalue weighted by atomic mass is 16.5. The van der Waals surface area contributed by atoms with Crippen LogP contribution in [0.25, 0.3) is 0 Å². The third-order valence-corrected chi connectivity index (χ3v) is 3.65. The number of piperidine rings is 1. The van der Waals surface area contributed by atoms with Crippen molar-refractivity contribution in [2.75, 3.05) is 12.0 Å². The number of rotatable bonds is 3. The molecule has 1 aliphatic heterocycles. The molecule has 6 nitrogen and oxygen atoms in total. The minimum absolute atomic E-state index is 0.424. The summed E-state index contributed by atoms with van der Waals surface area (Å²) in [7, 11) is 1.52. The van der Waals surface area contributed by atoms with Crippen molar-refractivity contribution < 1.29 is 24.2 Å². The lowest BCUT2D eigenvalue weighted by molar-refractivity contribution is -0.142. The van der Waals surface area contributed by atoms with Gasteiger partial charge in [0.1, 0.15) is 5.75 Å². The van der Waals surface area contributed by atoms with Crippen LogP contribution in [-0.2, 0) is 14.4 Å². The SMILES string of the molecule is COc1ccc(N2C(=O)[C@@H]3C(C(=O)O)[C@@H]3C2=O)cc1. The number of carbonyl (C=O) groups is 3. The molecule has 1 saturated heterocycles. The van der Waals surface area contributed by atoms with Crippen LogP contribution in [0.2, 0.25) is 0 Å². The summed E-state index contributed by atoms with van der Waals surface area (Å²) < 4.78 is 5.00. The van der Waals surface area contributed by atoms with Gasteiger partial charge in [-0.25, -0.2) is 0 Å². The Balaban J connectivity index is 1.86. The van der Waals surface area contributed by atoms with Gasteiger partial charge in [0.25, 0.3) is 0 Å². The Hall–Kier alpha value is -2.37. The van der Waals surface area contributed by atoms with Crippen molar-refractivity contribution in [3.8, 4) is 5.75 Å². The number of carbonyl (C=O) groups excluding carboxylic acids is 2. The number of ether oxygens (including phenoxy) is 1. The van der Waals surface area contributed by atoms with Gasteiger partial charge in [-0.05, 0) is 24.3 Å². The van der Waals surface area contributed by atoms with E-state index >= 15 is 0 Å². The van der Waals surface area contributed by atoms with Gasteiger partial charge in [0.2, 0.25) is 11.8 Å². The van der Waals surface area contributed by atoms with Gasteiger partial charge in [0.05, 0.1) is 30.6 Å². The predicted molar refractivity (Wildman–Crippen MR) is 63.6 cm³/mol. The second kappa shape index (κ2) is 3.81. The lowest BCUT2D eigenvalue weighted by Gasteiger charge is -2.17. The van der Waals surface area contributed by atoms with E-state index < -0.39 is 35.5 Å². The maximum Gasteiger partial charge on any atom is 0.308 e. The molecule has 98 valence electrons.